The molecule has 2 aliphatic heterocycles. The number of benzene rings is 2. The molecule has 1 saturated heterocycles. The van der Waals surface area contributed by atoms with E-state index in [1.165, 1.54) is 17.7 Å². The van der Waals surface area contributed by atoms with Crippen LogP contribution in [0, 0.1) is 5.82 Å². The Morgan fingerprint density at radius 2 is 1.81 bits per heavy atom. The third-order valence-electron chi connectivity index (χ3n) is 6.24. The molecule has 1 aromatic heterocycles. The van der Waals surface area contributed by atoms with E-state index in [9.17, 15) is 9.18 Å². The number of fused-ring (bicyclic) bond motifs is 1. The molecule has 0 atom stereocenters. The average molecular weight is 420 g/mol. The molecule has 0 saturated carbocycles. The Balaban J connectivity index is 1.18. The van der Waals surface area contributed by atoms with E-state index in [1.807, 2.05) is 23.1 Å². The molecule has 5 rings (SSSR count). The van der Waals surface area contributed by atoms with Gasteiger partial charge in [0.15, 0.2) is 0 Å². The van der Waals surface area contributed by atoms with Crippen LogP contribution < -0.4 is 4.90 Å². The second-order valence-electron chi connectivity index (χ2n) is 8.28. The number of nitrogens with zero attached hydrogens (tertiary/aromatic N) is 4. The Morgan fingerprint density at radius 3 is 2.61 bits per heavy atom. The second-order valence-corrected chi connectivity index (χ2v) is 8.28. The molecule has 0 aliphatic carbocycles. The fraction of sp³-hybridized carbons (Fsp3) is 0.375. The number of aryl methyl sites for hydroxylation is 1. The number of carbonyl (C=O) groups is 1. The first-order valence-corrected chi connectivity index (χ1v) is 10.9. The van der Waals surface area contributed by atoms with Crippen LogP contribution in [0.15, 0.2) is 52.9 Å². The van der Waals surface area contributed by atoms with Crippen molar-refractivity contribution in [1.82, 2.24) is 15.1 Å². The maximum Gasteiger partial charge on any atom is 0.247 e. The molecule has 0 N–H and O–H groups in total. The smallest absolute Gasteiger partial charge is 0.247 e. The van der Waals surface area contributed by atoms with Crippen molar-refractivity contribution < 1.29 is 13.6 Å². The first kappa shape index (κ1) is 19.9. The van der Waals surface area contributed by atoms with Crippen molar-refractivity contribution in [3.8, 4) is 11.5 Å². The zero-order valence-corrected chi connectivity index (χ0v) is 17.3. The summed E-state index contributed by atoms with van der Waals surface area (Å²) in [5.41, 5.74) is 3.03. The molecule has 31 heavy (non-hydrogen) atoms. The number of para-hydroxylation sites is 1. The zero-order valence-electron chi connectivity index (χ0n) is 17.3. The normalized spacial score (nSPS) is 17.5. The maximum atomic E-state index is 13.1. The highest BCUT2D eigenvalue weighted by atomic mass is 19.1. The van der Waals surface area contributed by atoms with Gasteiger partial charge in [0.1, 0.15) is 5.82 Å². The number of hydrogen-bond donors (Lipinski definition) is 0. The molecule has 1 amide bonds. The van der Waals surface area contributed by atoms with Gasteiger partial charge in [0.05, 0.1) is 6.54 Å². The van der Waals surface area contributed by atoms with Gasteiger partial charge in [-0.05, 0) is 74.7 Å². The number of hydrogen-bond acceptors (Lipinski definition) is 5. The van der Waals surface area contributed by atoms with Crippen molar-refractivity contribution in [2.24, 2.45) is 0 Å². The molecule has 0 spiro atoms. The van der Waals surface area contributed by atoms with Gasteiger partial charge >= 0.3 is 0 Å². The summed E-state index contributed by atoms with van der Waals surface area (Å²) >= 11 is 0. The van der Waals surface area contributed by atoms with Gasteiger partial charge in [0.25, 0.3) is 0 Å². The van der Waals surface area contributed by atoms with E-state index in [0.29, 0.717) is 23.9 Å². The number of anilines is 1. The number of aromatic nitrogens is 2. The molecule has 7 heteroatoms. The zero-order chi connectivity index (χ0) is 21.2. The summed E-state index contributed by atoms with van der Waals surface area (Å²) in [4.78, 5) is 17.1. The van der Waals surface area contributed by atoms with Crippen LogP contribution in [0.5, 0.6) is 0 Å². The highest BCUT2D eigenvalue weighted by Crippen LogP contribution is 2.30. The minimum atomic E-state index is -0.293. The number of piperidine rings is 1. The minimum absolute atomic E-state index is 0.169. The summed E-state index contributed by atoms with van der Waals surface area (Å²) in [5.74, 6) is 1.09. The molecular formula is C24H25FN4O2. The van der Waals surface area contributed by atoms with Gasteiger partial charge in [0, 0.05) is 23.7 Å². The molecule has 160 valence electrons. The van der Waals surface area contributed by atoms with E-state index in [-0.39, 0.29) is 17.6 Å². The Bertz CT molecular complexity index is 1060. The lowest BCUT2D eigenvalue weighted by molar-refractivity contribution is -0.120. The first-order chi connectivity index (χ1) is 15.2. The van der Waals surface area contributed by atoms with Crippen LogP contribution in [0.4, 0.5) is 10.1 Å². The lowest BCUT2D eigenvalue weighted by atomic mass is 9.96. The van der Waals surface area contributed by atoms with Crippen molar-refractivity contribution in [2.45, 2.75) is 31.6 Å². The third-order valence-corrected chi connectivity index (χ3v) is 6.24. The van der Waals surface area contributed by atoms with E-state index in [0.717, 1.165) is 51.0 Å². The highest BCUT2D eigenvalue weighted by molar-refractivity contribution is 5.95. The molecule has 1 fully saturated rings. The Hall–Kier alpha value is -3.06. The molecule has 0 unspecified atom stereocenters. The van der Waals surface area contributed by atoms with Crippen LogP contribution in [0.2, 0.25) is 0 Å². The Labute approximate surface area is 180 Å². The minimum Gasteiger partial charge on any atom is -0.420 e. The van der Waals surface area contributed by atoms with Crippen molar-refractivity contribution in [2.75, 3.05) is 31.1 Å². The summed E-state index contributed by atoms with van der Waals surface area (Å²) in [6.45, 7) is 2.87. The molecular weight excluding hydrogens is 395 g/mol. The lowest BCUT2D eigenvalue weighted by Gasteiger charge is -2.34. The largest absolute Gasteiger partial charge is 0.420 e. The predicted molar refractivity (Wildman–Crippen MR) is 115 cm³/mol. The number of amides is 1. The van der Waals surface area contributed by atoms with Gasteiger partial charge in [-0.3, -0.25) is 9.69 Å². The highest BCUT2D eigenvalue weighted by Gasteiger charge is 2.28. The molecule has 3 heterocycles. The Morgan fingerprint density at radius 1 is 1.03 bits per heavy atom. The number of rotatable bonds is 4. The first-order valence-electron chi connectivity index (χ1n) is 10.9. The van der Waals surface area contributed by atoms with Crippen molar-refractivity contribution in [1.29, 1.82) is 0 Å². The maximum absolute atomic E-state index is 13.1. The summed E-state index contributed by atoms with van der Waals surface area (Å²) in [5, 5.41) is 8.35. The molecule has 2 aliphatic rings. The standard InChI is InChI=1S/C24H25FN4O2/c25-20-9-7-18(8-10-20)23-26-27-24(31-23)19-11-14-28(15-12-19)16-22(30)29-13-3-5-17-4-1-2-6-21(17)29/h1-2,4,6-10,19H,3,5,11-16H2. The van der Waals surface area contributed by atoms with Gasteiger partial charge in [-0.2, -0.15) is 0 Å². The van der Waals surface area contributed by atoms with Crippen LogP contribution in [0.25, 0.3) is 11.5 Å². The van der Waals surface area contributed by atoms with Gasteiger partial charge in [0.2, 0.25) is 17.7 Å². The van der Waals surface area contributed by atoms with Crippen LogP contribution >= 0.6 is 0 Å². The topological polar surface area (TPSA) is 62.5 Å². The summed E-state index contributed by atoms with van der Waals surface area (Å²) in [6, 6.07) is 14.2. The number of likely N-dealkylation sites (tertiary alicyclic amines) is 1. The molecule has 2 aromatic carbocycles. The van der Waals surface area contributed by atoms with E-state index in [1.54, 1.807) is 12.1 Å². The predicted octanol–water partition coefficient (Wildman–Crippen LogP) is 4.03. The van der Waals surface area contributed by atoms with Crippen LogP contribution in [0.3, 0.4) is 0 Å². The van der Waals surface area contributed by atoms with Crippen LogP contribution in [0.1, 0.15) is 36.6 Å². The monoisotopic (exact) mass is 420 g/mol. The van der Waals surface area contributed by atoms with E-state index in [4.69, 9.17) is 4.42 Å². The van der Waals surface area contributed by atoms with Gasteiger partial charge in [-0.1, -0.05) is 18.2 Å². The van der Waals surface area contributed by atoms with Gasteiger partial charge in [-0.15, -0.1) is 10.2 Å². The van der Waals surface area contributed by atoms with Gasteiger partial charge in [-0.25, -0.2) is 4.39 Å². The fourth-order valence-electron chi connectivity index (χ4n) is 4.52. The molecule has 3 aromatic rings. The van der Waals surface area contributed by atoms with Crippen LogP contribution in [-0.2, 0) is 11.2 Å². The molecule has 0 radical (unpaired) electrons. The average Bonchev–Trinajstić information content (AvgIpc) is 3.30. The third kappa shape index (κ3) is 4.23. The number of halogens is 1. The summed E-state index contributed by atoms with van der Waals surface area (Å²) in [6.07, 6.45) is 3.79. The van der Waals surface area contributed by atoms with Crippen molar-refractivity contribution in [3.63, 3.8) is 0 Å². The summed E-state index contributed by atoms with van der Waals surface area (Å²) in [7, 11) is 0. The number of carbonyl (C=O) groups excluding carboxylic acids is 1. The van der Waals surface area contributed by atoms with E-state index >= 15 is 0 Å². The van der Waals surface area contributed by atoms with Gasteiger partial charge < -0.3 is 9.32 Å². The second kappa shape index (κ2) is 8.59. The Kier molecular flexibility index (Phi) is 5.51. The van der Waals surface area contributed by atoms with Crippen LogP contribution in [-0.4, -0.2) is 47.2 Å². The summed E-state index contributed by atoms with van der Waals surface area (Å²) < 4.78 is 19.0. The van der Waals surface area contributed by atoms with E-state index < -0.39 is 0 Å². The quantitative estimate of drug-likeness (QED) is 0.638. The SMILES string of the molecule is O=C(CN1CCC(c2nnc(-c3ccc(F)cc3)o2)CC1)N1CCCc2ccccc21. The van der Waals surface area contributed by atoms with Crippen molar-refractivity contribution >= 4 is 11.6 Å². The van der Waals surface area contributed by atoms with E-state index in [2.05, 4.69) is 21.2 Å². The molecule has 6 nitrogen and oxygen atoms in total. The molecule has 0 bridgehead atoms. The van der Waals surface area contributed by atoms with Crippen molar-refractivity contribution in [3.05, 3.63) is 65.8 Å². The lowest BCUT2D eigenvalue weighted by Crippen LogP contribution is -2.45. The fourth-order valence-corrected chi connectivity index (χ4v) is 4.52.